The zero-order valence-electron chi connectivity index (χ0n) is 18.0. The maximum Gasteiger partial charge on any atom is 0.490 e. The topological polar surface area (TPSA) is 118 Å². The number of hydrogen-bond donors (Lipinski definition) is 3. The van der Waals surface area contributed by atoms with Gasteiger partial charge in [-0.05, 0) is 37.1 Å². The minimum Gasteiger partial charge on any atom is -0.485 e. The van der Waals surface area contributed by atoms with E-state index in [-0.39, 0.29) is 0 Å². The van der Waals surface area contributed by atoms with E-state index in [9.17, 15) is 26.3 Å². The summed E-state index contributed by atoms with van der Waals surface area (Å²) in [5.74, 6) is -4.64. The minimum atomic E-state index is -5.08. The van der Waals surface area contributed by atoms with Gasteiger partial charge in [0.1, 0.15) is 12.4 Å². The summed E-state index contributed by atoms with van der Waals surface area (Å²) < 4.78 is 74.8. The van der Waals surface area contributed by atoms with E-state index in [2.05, 4.69) is 16.4 Å². The van der Waals surface area contributed by atoms with Gasteiger partial charge >= 0.3 is 24.3 Å². The number of aliphatic carboxylic acids is 2. The van der Waals surface area contributed by atoms with Crippen LogP contribution in [0.3, 0.4) is 0 Å². The van der Waals surface area contributed by atoms with E-state index < -0.39 is 24.3 Å². The third-order valence-electron chi connectivity index (χ3n) is 4.05. The molecule has 1 fully saturated rings. The number of rotatable bonds is 5. The fourth-order valence-electron chi connectivity index (χ4n) is 2.41. The molecule has 8 nitrogen and oxygen atoms in total. The van der Waals surface area contributed by atoms with Crippen molar-refractivity contribution in [3.05, 3.63) is 54.4 Å². The number of aromatic nitrogens is 1. The molecule has 3 rings (SSSR count). The molecule has 0 spiro atoms. The van der Waals surface area contributed by atoms with Crippen molar-refractivity contribution < 1.29 is 55.6 Å². The zero-order chi connectivity index (χ0) is 26.5. The number of nitrogens with one attached hydrogen (secondary N) is 1. The molecule has 1 aromatic heterocycles. The molecule has 0 bridgehead atoms. The maximum absolute atomic E-state index is 10.6. The largest absolute Gasteiger partial charge is 0.490 e. The number of hydrogen-bond acceptors (Lipinski definition) is 6. The third-order valence-corrected chi connectivity index (χ3v) is 4.05. The second-order valence-electron chi connectivity index (χ2n) is 6.74. The fraction of sp³-hybridized carbons (Fsp3) is 0.381. The van der Waals surface area contributed by atoms with E-state index >= 15 is 0 Å². The highest BCUT2D eigenvalue weighted by Gasteiger charge is 2.38. The SMILES string of the molecule is O=C(O)C(F)(F)F.O=C(O)C(F)(F)F.c1ccc(COc2ccccc2NC2CCOCC2)nc1. The second kappa shape index (κ2) is 14.0. The monoisotopic (exact) mass is 512 g/mol. The van der Waals surface area contributed by atoms with Crippen LogP contribution in [0.25, 0.3) is 0 Å². The van der Waals surface area contributed by atoms with Crippen molar-refractivity contribution in [3.63, 3.8) is 0 Å². The van der Waals surface area contributed by atoms with Crippen molar-refractivity contribution >= 4 is 17.6 Å². The third kappa shape index (κ3) is 12.5. The first kappa shape index (κ1) is 29.5. The molecule has 0 atom stereocenters. The first-order valence-electron chi connectivity index (χ1n) is 9.87. The predicted octanol–water partition coefficient (Wildman–Crippen LogP) is 4.52. The Morgan fingerprint density at radius 3 is 1.94 bits per heavy atom. The van der Waals surface area contributed by atoms with Gasteiger partial charge in [-0.2, -0.15) is 26.3 Å². The van der Waals surface area contributed by atoms with Gasteiger partial charge in [-0.25, -0.2) is 9.59 Å². The number of anilines is 1. The quantitative estimate of drug-likeness (QED) is 0.501. The first-order valence-corrected chi connectivity index (χ1v) is 9.87. The summed E-state index contributed by atoms with van der Waals surface area (Å²) in [4.78, 5) is 22.1. The molecule has 0 radical (unpaired) electrons. The number of carboxylic acid groups (broad SMARTS) is 2. The number of carbonyl (C=O) groups is 2. The Bertz CT molecular complexity index is 895. The molecule has 0 aliphatic carbocycles. The van der Waals surface area contributed by atoms with Crippen molar-refractivity contribution in [3.8, 4) is 5.75 Å². The number of pyridine rings is 1. The molecule has 0 amide bonds. The summed E-state index contributed by atoms with van der Waals surface area (Å²) in [6.07, 6.45) is -6.31. The highest BCUT2D eigenvalue weighted by atomic mass is 19.4. The van der Waals surface area contributed by atoms with Crippen molar-refractivity contribution in [2.75, 3.05) is 18.5 Å². The summed E-state index contributed by atoms with van der Waals surface area (Å²) in [7, 11) is 0. The molecule has 1 saturated heterocycles. The number of alkyl halides is 6. The summed E-state index contributed by atoms with van der Waals surface area (Å²) in [5, 5.41) is 17.8. The Morgan fingerprint density at radius 2 is 1.46 bits per heavy atom. The van der Waals surface area contributed by atoms with E-state index in [0.717, 1.165) is 43.2 Å². The van der Waals surface area contributed by atoms with Gasteiger partial charge in [0.25, 0.3) is 0 Å². The van der Waals surface area contributed by atoms with Crippen LogP contribution in [0.15, 0.2) is 48.7 Å². The summed E-state index contributed by atoms with van der Waals surface area (Å²) in [5.41, 5.74) is 1.97. The molecular weight excluding hydrogens is 490 g/mol. The second-order valence-corrected chi connectivity index (χ2v) is 6.74. The number of carboxylic acids is 2. The van der Waals surface area contributed by atoms with Gasteiger partial charge < -0.3 is 25.0 Å². The summed E-state index contributed by atoms with van der Waals surface area (Å²) in [6.45, 7) is 2.14. The van der Waals surface area contributed by atoms with Gasteiger partial charge in [-0.15, -0.1) is 0 Å². The van der Waals surface area contributed by atoms with Crippen LogP contribution in [0.2, 0.25) is 0 Å². The van der Waals surface area contributed by atoms with E-state index in [0.29, 0.717) is 12.6 Å². The Morgan fingerprint density at radius 1 is 0.943 bits per heavy atom. The molecule has 2 aromatic rings. The van der Waals surface area contributed by atoms with Gasteiger partial charge in [-0.3, -0.25) is 4.98 Å². The number of para-hydroxylation sites is 2. The van der Waals surface area contributed by atoms with Crippen LogP contribution in [-0.4, -0.2) is 58.7 Å². The predicted molar refractivity (Wildman–Crippen MR) is 110 cm³/mol. The van der Waals surface area contributed by atoms with Gasteiger partial charge in [0.2, 0.25) is 0 Å². The highest BCUT2D eigenvalue weighted by molar-refractivity contribution is 5.73. The lowest BCUT2D eigenvalue weighted by Crippen LogP contribution is -2.28. The Labute approximate surface area is 195 Å². The van der Waals surface area contributed by atoms with Gasteiger partial charge in [0, 0.05) is 25.5 Å². The average Bonchev–Trinajstić information content (AvgIpc) is 2.79. The lowest BCUT2D eigenvalue weighted by Gasteiger charge is -2.25. The molecule has 1 aliphatic rings. The zero-order valence-corrected chi connectivity index (χ0v) is 18.0. The highest BCUT2D eigenvalue weighted by Crippen LogP contribution is 2.27. The number of halogens is 6. The number of benzene rings is 1. The average molecular weight is 512 g/mol. The Balaban J connectivity index is 0.000000362. The lowest BCUT2D eigenvalue weighted by atomic mass is 10.1. The van der Waals surface area contributed by atoms with Crippen LogP contribution in [-0.2, 0) is 20.9 Å². The normalized spacial score (nSPS) is 13.9. The molecule has 3 N–H and O–H groups in total. The number of ether oxygens (including phenoxy) is 2. The first-order chi connectivity index (χ1) is 16.3. The van der Waals surface area contributed by atoms with E-state index in [1.54, 1.807) is 6.20 Å². The summed E-state index contributed by atoms with van der Waals surface area (Å²) in [6, 6.07) is 14.4. The standard InChI is InChI=1S/C17H20N2O2.2C2HF3O2/c1-2-7-17(21-13-15-5-3-4-10-18-15)16(6-1)19-14-8-11-20-12-9-14;2*3-2(4,5)1(6)7/h1-7,10,14,19H,8-9,11-13H2;2*(H,6,7). The molecule has 35 heavy (non-hydrogen) atoms. The Kier molecular flexibility index (Phi) is 11.8. The molecule has 1 aromatic carbocycles. The molecule has 2 heterocycles. The number of nitrogens with zero attached hydrogens (tertiary/aromatic N) is 1. The molecule has 0 unspecified atom stereocenters. The van der Waals surface area contributed by atoms with Crippen molar-refractivity contribution in [2.24, 2.45) is 0 Å². The molecule has 194 valence electrons. The Hall–Kier alpha value is -3.55. The molecule has 0 saturated carbocycles. The smallest absolute Gasteiger partial charge is 0.485 e. The van der Waals surface area contributed by atoms with Gasteiger partial charge in [-0.1, -0.05) is 18.2 Å². The van der Waals surface area contributed by atoms with Crippen LogP contribution in [0.4, 0.5) is 32.0 Å². The molecule has 1 aliphatic heterocycles. The van der Waals surface area contributed by atoms with Crippen molar-refractivity contribution in [1.82, 2.24) is 4.98 Å². The van der Waals surface area contributed by atoms with Crippen molar-refractivity contribution in [1.29, 1.82) is 0 Å². The van der Waals surface area contributed by atoms with Crippen LogP contribution in [0.1, 0.15) is 18.5 Å². The molecule has 14 heteroatoms. The maximum atomic E-state index is 10.6. The van der Waals surface area contributed by atoms with E-state index in [4.69, 9.17) is 29.3 Å². The van der Waals surface area contributed by atoms with Crippen molar-refractivity contribution in [2.45, 2.75) is 37.8 Å². The van der Waals surface area contributed by atoms with Crippen LogP contribution in [0, 0.1) is 0 Å². The molecular formula is C21H22F6N2O6. The lowest BCUT2D eigenvalue weighted by molar-refractivity contribution is -0.193. The van der Waals surface area contributed by atoms with Crippen LogP contribution in [0.5, 0.6) is 5.75 Å². The van der Waals surface area contributed by atoms with Crippen LogP contribution >= 0.6 is 0 Å². The van der Waals surface area contributed by atoms with E-state index in [1.807, 2.05) is 36.4 Å². The van der Waals surface area contributed by atoms with Crippen LogP contribution < -0.4 is 10.1 Å². The fourth-order valence-corrected chi connectivity index (χ4v) is 2.41. The van der Waals surface area contributed by atoms with E-state index in [1.165, 1.54) is 0 Å². The van der Waals surface area contributed by atoms with Gasteiger partial charge in [0.15, 0.2) is 0 Å². The minimum absolute atomic E-state index is 0.457. The van der Waals surface area contributed by atoms with Gasteiger partial charge in [0.05, 0.1) is 11.4 Å². The summed E-state index contributed by atoms with van der Waals surface area (Å²) >= 11 is 0.